The van der Waals surface area contributed by atoms with Gasteiger partial charge in [0.25, 0.3) is 0 Å². The standard InChI is InChI=1S/C31H34Cl2N2O3S/c1-38-27-13-7-10-23(16-27)19-35(30(36)21-39-20-24-14-15-25(32)18-28(24)33)29(17-22-8-3-2-4-9-22)31(37)34-26-11-5-6-12-26/h2-4,7-10,13-16,18,26,29H,5-6,11-12,17,19-21H2,1H3,(H,34,37). The number of hydrogen-bond acceptors (Lipinski definition) is 4. The largest absolute Gasteiger partial charge is 0.497 e. The summed E-state index contributed by atoms with van der Waals surface area (Å²) >= 11 is 13.9. The molecule has 2 amide bonds. The van der Waals surface area contributed by atoms with Gasteiger partial charge in [0.15, 0.2) is 0 Å². The van der Waals surface area contributed by atoms with Gasteiger partial charge in [0, 0.05) is 34.8 Å². The van der Waals surface area contributed by atoms with Crippen molar-refractivity contribution in [2.24, 2.45) is 0 Å². The van der Waals surface area contributed by atoms with Gasteiger partial charge in [-0.15, -0.1) is 11.8 Å². The Balaban J connectivity index is 1.58. The van der Waals surface area contributed by atoms with Gasteiger partial charge in [-0.05, 0) is 53.8 Å². The summed E-state index contributed by atoms with van der Waals surface area (Å²) in [5, 5.41) is 4.40. The van der Waals surface area contributed by atoms with Crippen LogP contribution < -0.4 is 10.1 Å². The number of halogens is 2. The zero-order valence-corrected chi connectivity index (χ0v) is 24.4. The topological polar surface area (TPSA) is 58.6 Å². The van der Waals surface area contributed by atoms with Crippen LogP contribution in [0, 0.1) is 0 Å². The number of nitrogens with zero attached hydrogens (tertiary/aromatic N) is 1. The summed E-state index contributed by atoms with van der Waals surface area (Å²) in [5.41, 5.74) is 2.83. The van der Waals surface area contributed by atoms with Crippen molar-refractivity contribution < 1.29 is 14.3 Å². The van der Waals surface area contributed by atoms with Gasteiger partial charge < -0.3 is 15.0 Å². The molecule has 1 aliphatic carbocycles. The highest BCUT2D eigenvalue weighted by Crippen LogP contribution is 2.26. The van der Waals surface area contributed by atoms with E-state index >= 15 is 0 Å². The van der Waals surface area contributed by atoms with E-state index in [1.165, 1.54) is 11.8 Å². The SMILES string of the molecule is COc1cccc(CN(C(=O)CSCc2ccc(Cl)cc2Cl)C(Cc2ccccc2)C(=O)NC2CCCC2)c1. The zero-order valence-electron chi connectivity index (χ0n) is 22.1. The highest BCUT2D eigenvalue weighted by atomic mass is 35.5. The third kappa shape index (κ3) is 8.66. The second kappa shape index (κ2) is 14.6. The van der Waals surface area contributed by atoms with Crippen molar-refractivity contribution in [1.82, 2.24) is 10.2 Å². The number of amides is 2. The Morgan fingerprint density at radius 2 is 1.74 bits per heavy atom. The molecule has 0 aliphatic heterocycles. The number of benzene rings is 3. The van der Waals surface area contributed by atoms with E-state index in [9.17, 15) is 9.59 Å². The Labute approximate surface area is 245 Å². The van der Waals surface area contributed by atoms with Gasteiger partial charge in [0.05, 0.1) is 12.9 Å². The molecule has 1 atom stereocenters. The maximum atomic E-state index is 13.8. The van der Waals surface area contributed by atoms with Gasteiger partial charge >= 0.3 is 0 Å². The first-order valence-corrected chi connectivity index (χ1v) is 15.1. The number of thioether (sulfide) groups is 1. The lowest BCUT2D eigenvalue weighted by atomic mass is 10.0. The van der Waals surface area contributed by atoms with Crippen LogP contribution in [-0.4, -0.2) is 41.7 Å². The molecule has 3 aromatic rings. The van der Waals surface area contributed by atoms with Crippen molar-refractivity contribution in [3.05, 3.63) is 99.5 Å². The molecule has 39 heavy (non-hydrogen) atoms. The number of nitrogens with one attached hydrogen (secondary N) is 1. The molecule has 1 aliphatic rings. The fraction of sp³-hybridized carbons (Fsp3) is 0.355. The normalized spacial score (nSPS) is 14.1. The van der Waals surface area contributed by atoms with Crippen molar-refractivity contribution in [2.45, 2.75) is 56.5 Å². The summed E-state index contributed by atoms with van der Waals surface area (Å²) in [7, 11) is 1.62. The minimum absolute atomic E-state index is 0.101. The number of hydrogen-bond donors (Lipinski definition) is 1. The molecule has 1 unspecified atom stereocenters. The van der Waals surface area contributed by atoms with E-state index in [4.69, 9.17) is 27.9 Å². The van der Waals surface area contributed by atoms with Crippen LogP contribution in [-0.2, 0) is 28.3 Å². The van der Waals surface area contributed by atoms with E-state index in [0.717, 1.165) is 42.4 Å². The molecule has 0 radical (unpaired) electrons. The van der Waals surface area contributed by atoms with E-state index in [1.54, 1.807) is 24.1 Å². The maximum Gasteiger partial charge on any atom is 0.243 e. The number of ether oxygens (including phenoxy) is 1. The third-order valence-electron chi connectivity index (χ3n) is 6.96. The summed E-state index contributed by atoms with van der Waals surface area (Å²) in [5.74, 6) is 1.28. The lowest BCUT2D eigenvalue weighted by Gasteiger charge is -2.32. The molecule has 0 heterocycles. The fourth-order valence-corrected chi connectivity index (χ4v) is 6.33. The first kappa shape index (κ1) is 29.3. The van der Waals surface area contributed by atoms with Crippen LogP contribution in [0.5, 0.6) is 5.75 Å². The summed E-state index contributed by atoms with van der Waals surface area (Å²) in [4.78, 5) is 29.3. The summed E-state index contributed by atoms with van der Waals surface area (Å²) < 4.78 is 5.41. The fourth-order valence-electron chi connectivity index (χ4n) is 4.86. The number of carbonyl (C=O) groups excluding carboxylic acids is 2. The molecule has 5 nitrogen and oxygen atoms in total. The van der Waals surface area contributed by atoms with E-state index in [-0.39, 0.29) is 23.6 Å². The summed E-state index contributed by atoms with van der Waals surface area (Å²) in [6.07, 6.45) is 4.62. The average molecular weight is 586 g/mol. The van der Waals surface area contributed by atoms with E-state index in [2.05, 4.69) is 5.32 Å². The molecule has 1 saturated carbocycles. The minimum Gasteiger partial charge on any atom is -0.497 e. The number of methoxy groups -OCH3 is 1. The molecule has 3 aromatic carbocycles. The van der Waals surface area contributed by atoms with Crippen LogP contribution in [0.2, 0.25) is 10.0 Å². The molecule has 1 N–H and O–H groups in total. The van der Waals surface area contributed by atoms with Gasteiger partial charge in [-0.2, -0.15) is 0 Å². The molecular formula is C31H34Cl2N2O3S. The molecule has 206 valence electrons. The van der Waals surface area contributed by atoms with Gasteiger partial charge in [0.2, 0.25) is 11.8 Å². The van der Waals surface area contributed by atoms with Crippen molar-refractivity contribution in [3.63, 3.8) is 0 Å². The molecule has 0 bridgehead atoms. The van der Waals surface area contributed by atoms with Crippen LogP contribution in [0.1, 0.15) is 42.4 Å². The molecular weight excluding hydrogens is 551 g/mol. The smallest absolute Gasteiger partial charge is 0.243 e. The Hall–Kier alpha value is -2.67. The molecule has 0 saturated heterocycles. The van der Waals surface area contributed by atoms with E-state index < -0.39 is 6.04 Å². The maximum absolute atomic E-state index is 13.8. The second-order valence-corrected chi connectivity index (χ2v) is 11.6. The molecule has 0 spiro atoms. The average Bonchev–Trinajstić information content (AvgIpc) is 3.45. The van der Waals surface area contributed by atoms with E-state index in [1.807, 2.05) is 60.7 Å². The molecule has 0 aromatic heterocycles. The molecule has 4 rings (SSSR count). The minimum atomic E-state index is -0.647. The second-order valence-electron chi connectivity index (χ2n) is 9.80. The summed E-state index contributed by atoms with van der Waals surface area (Å²) in [6.45, 7) is 0.299. The van der Waals surface area contributed by atoms with Crippen molar-refractivity contribution in [1.29, 1.82) is 0 Å². The van der Waals surface area contributed by atoms with Crippen molar-refractivity contribution in [3.8, 4) is 5.75 Å². The van der Waals surface area contributed by atoms with Gasteiger partial charge in [-0.25, -0.2) is 0 Å². The monoisotopic (exact) mass is 584 g/mol. The van der Waals surface area contributed by atoms with Gasteiger partial charge in [-0.1, -0.05) is 84.6 Å². The quantitative estimate of drug-likeness (QED) is 0.250. The zero-order chi connectivity index (χ0) is 27.6. The Morgan fingerprint density at radius 1 is 1.00 bits per heavy atom. The first-order valence-electron chi connectivity index (χ1n) is 13.2. The first-order chi connectivity index (χ1) is 18.9. The van der Waals surface area contributed by atoms with Crippen molar-refractivity contribution >= 4 is 46.8 Å². The predicted octanol–water partition coefficient (Wildman–Crippen LogP) is 6.93. The van der Waals surface area contributed by atoms with Crippen LogP contribution in [0.25, 0.3) is 0 Å². The molecule has 1 fully saturated rings. The van der Waals surface area contributed by atoms with Gasteiger partial charge in [-0.3, -0.25) is 9.59 Å². The molecule has 8 heteroatoms. The summed E-state index contributed by atoms with van der Waals surface area (Å²) in [6, 6.07) is 22.4. The van der Waals surface area contributed by atoms with E-state index in [0.29, 0.717) is 34.5 Å². The lowest BCUT2D eigenvalue weighted by Crippen LogP contribution is -2.52. The van der Waals surface area contributed by atoms with Crippen LogP contribution in [0.4, 0.5) is 0 Å². The Bertz CT molecular complexity index is 1250. The Kier molecular flexibility index (Phi) is 11.0. The van der Waals surface area contributed by atoms with Crippen LogP contribution in [0.3, 0.4) is 0 Å². The Morgan fingerprint density at radius 3 is 2.46 bits per heavy atom. The van der Waals surface area contributed by atoms with Crippen LogP contribution >= 0.6 is 35.0 Å². The third-order valence-corrected chi connectivity index (χ3v) is 8.51. The highest BCUT2D eigenvalue weighted by Gasteiger charge is 2.32. The van der Waals surface area contributed by atoms with Gasteiger partial charge in [0.1, 0.15) is 11.8 Å². The number of rotatable bonds is 12. The van der Waals surface area contributed by atoms with Crippen molar-refractivity contribution in [2.75, 3.05) is 12.9 Å². The predicted molar refractivity (Wildman–Crippen MR) is 161 cm³/mol. The lowest BCUT2D eigenvalue weighted by molar-refractivity contribution is -0.139. The number of carbonyl (C=O) groups is 2. The highest BCUT2D eigenvalue weighted by molar-refractivity contribution is 7.99. The van der Waals surface area contributed by atoms with Crippen LogP contribution in [0.15, 0.2) is 72.8 Å².